The molecule has 0 saturated heterocycles. The Labute approximate surface area is 289 Å². The average Bonchev–Trinajstić information content (AvgIpc) is 3.05. The molecule has 0 heteroatoms. The maximum atomic E-state index is 3.93. The maximum absolute atomic E-state index is 3.93. The summed E-state index contributed by atoms with van der Waals surface area (Å²) in [5.41, 5.74) is 0. The molecule has 0 bridgehead atoms. The van der Waals surface area contributed by atoms with Crippen LogP contribution >= 0.6 is 0 Å². The zero-order valence-corrected chi connectivity index (χ0v) is 32.1. The molecule has 45 heavy (non-hydrogen) atoms. The molecule has 0 spiro atoms. The van der Waals surface area contributed by atoms with E-state index in [-0.39, 0.29) is 0 Å². The molecule has 0 heterocycles. The van der Waals surface area contributed by atoms with Gasteiger partial charge in [0.15, 0.2) is 0 Å². The van der Waals surface area contributed by atoms with E-state index in [9.17, 15) is 0 Å². The predicted molar refractivity (Wildman–Crippen MR) is 210 cm³/mol. The van der Waals surface area contributed by atoms with Crippen LogP contribution in [0.25, 0.3) is 0 Å². The molecule has 0 saturated carbocycles. The fourth-order valence-electron chi connectivity index (χ4n) is 7.32. The van der Waals surface area contributed by atoms with Gasteiger partial charge in [-0.2, -0.15) is 0 Å². The van der Waals surface area contributed by atoms with Crippen LogP contribution in [0.3, 0.4) is 0 Å². The van der Waals surface area contributed by atoms with E-state index in [4.69, 9.17) is 0 Å². The number of hydrogen-bond acceptors (Lipinski definition) is 0. The largest absolute Gasteiger partial charge is 0.0654 e. The maximum Gasteiger partial charge on any atom is -0.0533 e. The van der Waals surface area contributed by atoms with Gasteiger partial charge >= 0.3 is 0 Å². The Hall–Kier alpha value is 0. The minimum atomic E-state index is 1.12. The summed E-state index contributed by atoms with van der Waals surface area (Å²) in [7, 11) is 0. The quantitative estimate of drug-likeness (QED) is 0.0588. The summed E-state index contributed by atoms with van der Waals surface area (Å²) in [6.45, 7) is 6.24. The van der Waals surface area contributed by atoms with Crippen LogP contribution in [0.4, 0.5) is 0 Å². The molecule has 0 N–H and O–H groups in total. The van der Waals surface area contributed by atoms with Gasteiger partial charge in [0.1, 0.15) is 0 Å². The second-order valence-corrected chi connectivity index (χ2v) is 15.3. The van der Waals surface area contributed by atoms with Crippen LogP contribution < -0.4 is 0 Å². The smallest absolute Gasteiger partial charge is 0.0533 e. The summed E-state index contributed by atoms with van der Waals surface area (Å²) >= 11 is 0. The molecular weight excluding hydrogens is 540 g/mol. The zero-order chi connectivity index (χ0) is 32.4. The lowest BCUT2D eigenvalue weighted by atomic mass is 10.0. The van der Waals surface area contributed by atoms with Crippen LogP contribution in [-0.2, 0) is 0 Å². The average molecular weight is 632 g/mol. The zero-order valence-electron chi connectivity index (χ0n) is 32.1. The van der Waals surface area contributed by atoms with Crippen molar-refractivity contribution in [2.24, 2.45) is 0 Å². The Morgan fingerprint density at radius 2 is 0.289 bits per heavy atom. The number of unbranched alkanes of at least 4 members (excludes halogenated alkanes) is 42. The van der Waals surface area contributed by atoms with E-state index >= 15 is 0 Å². The number of rotatable bonds is 42. The highest BCUT2D eigenvalue weighted by Gasteiger charge is 1.98. The summed E-state index contributed by atoms with van der Waals surface area (Å²) in [6.07, 6.45) is 63.3. The molecular formula is C45H91. The fourth-order valence-corrected chi connectivity index (χ4v) is 7.32. The van der Waals surface area contributed by atoms with Crippen LogP contribution in [0.5, 0.6) is 0 Å². The minimum Gasteiger partial charge on any atom is -0.0654 e. The molecule has 271 valence electrons. The highest BCUT2D eigenvalue weighted by molar-refractivity contribution is 4.54. The Bertz CT molecular complexity index is 425. The molecule has 0 rings (SSSR count). The standard InChI is InChI=1S/C45H91/c1-3-5-7-9-11-13-15-17-19-21-23-25-27-29-31-33-35-37-39-41-43-45-44-42-40-38-36-34-32-30-28-26-24-22-20-18-16-14-12-10-8-6-4-2/h1,3-45H2,2H3. The van der Waals surface area contributed by atoms with E-state index in [0.29, 0.717) is 0 Å². The lowest BCUT2D eigenvalue weighted by molar-refractivity contribution is 0.509. The van der Waals surface area contributed by atoms with Gasteiger partial charge in [-0.1, -0.05) is 290 Å². The summed E-state index contributed by atoms with van der Waals surface area (Å²) in [5.74, 6) is 0. The van der Waals surface area contributed by atoms with E-state index in [2.05, 4.69) is 13.8 Å². The molecule has 0 nitrogen and oxygen atoms in total. The third-order valence-electron chi connectivity index (χ3n) is 10.6. The second kappa shape index (κ2) is 44.0. The van der Waals surface area contributed by atoms with Crippen LogP contribution in [-0.4, -0.2) is 0 Å². The van der Waals surface area contributed by atoms with Gasteiger partial charge in [0, 0.05) is 0 Å². The Morgan fingerprint density at radius 1 is 0.178 bits per heavy atom. The molecule has 0 aromatic heterocycles. The normalized spacial score (nSPS) is 11.6. The van der Waals surface area contributed by atoms with E-state index in [1.165, 1.54) is 270 Å². The third kappa shape index (κ3) is 44.0. The van der Waals surface area contributed by atoms with Gasteiger partial charge in [-0.25, -0.2) is 0 Å². The van der Waals surface area contributed by atoms with Crippen molar-refractivity contribution in [1.82, 2.24) is 0 Å². The molecule has 0 atom stereocenters. The van der Waals surface area contributed by atoms with E-state index in [1.807, 2.05) is 0 Å². The minimum absolute atomic E-state index is 1.12. The molecule has 0 amide bonds. The summed E-state index contributed by atoms with van der Waals surface area (Å²) in [5, 5.41) is 0. The van der Waals surface area contributed by atoms with E-state index < -0.39 is 0 Å². The first-order chi connectivity index (χ1) is 22.4. The summed E-state index contributed by atoms with van der Waals surface area (Å²) < 4.78 is 0. The number of hydrogen-bond donors (Lipinski definition) is 0. The van der Waals surface area contributed by atoms with Crippen molar-refractivity contribution in [3.8, 4) is 0 Å². The second-order valence-electron chi connectivity index (χ2n) is 15.3. The molecule has 0 unspecified atom stereocenters. The van der Waals surface area contributed by atoms with Gasteiger partial charge in [0.05, 0.1) is 0 Å². The molecule has 0 aromatic rings. The van der Waals surface area contributed by atoms with Crippen molar-refractivity contribution >= 4 is 0 Å². The van der Waals surface area contributed by atoms with Crippen LogP contribution in [0, 0.1) is 6.92 Å². The Kier molecular flexibility index (Phi) is 44.0. The highest BCUT2D eigenvalue weighted by Crippen LogP contribution is 2.18. The first kappa shape index (κ1) is 45.0. The van der Waals surface area contributed by atoms with E-state index in [0.717, 1.165) is 6.42 Å². The highest BCUT2D eigenvalue weighted by atomic mass is 14.0. The van der Waals surface area contributed by atoms with Gasteiger partial charge in [-0.05, 0) is 0 Å². The van der Waals surface area contributed by atoms with Crippen molar-refractivity contribution in [2.75, 3.05) is 0 Å². The third-order valence-corrected chi connectivity index (χ3v) is 10.6. The predicted octanol–water partition coefficient (Wildman–Crippen LogP) is 17.6. The topological polar surface area (TPSA) is 0 Å². The first-order valence-corrected chi connectivity index (χ1v) is 22.2. The van der Waals surface area contributed by atoms with Crippen molar-refractivity contribution in [3.05, 3.63) is 6.92 Å². The molecule has 0 aromatic carbocycles. The Morgan fingerprint density at radius 3 is 0.400 bits per heavy atom. The summed E-state index contributed by atoms with van der Waals surface area (Å²) in [4.78, 5) is 0. The lowest BCUT2D eigenvalue weighted by Gasteiger charge is -2.05. The van der Waals surface area contributed by atoms with E-state index in [1.54, 1.807) is 0 Å². The van der Waals surface area contributed by atoms with Crippen LogP contribution in [0.2, 0.25) is 0 Å². The fraction of sp³-hybridized carbons (Fsp3) is 0.978. The first-order valence-electron chi connectivity index (χ1n) is 22.2. The van der Waals surface area contributed by atoms with Gasteiger partial charge in [-0.3, -0.25) is 0 Å². The van der Waals surface area contributed by atoms with Gasteiger partial charge in [0.2, 0.25) is 0 Å². The SMILES string of the molecule is [CH2]CCCCCCCCCCCCCCCCCCCCCCCCCCCCCCCCCCCCCCCCCCCC. The van der Waals surface area contributed by atoms with Crippen LogP contribution in [0.1, 0.15) is 283 Å². The summed E-state index contributed by atoms with van der Waals surface area (Å²) in [6, 6.07) is 0. The lowest BCUT2D eigenvalue weighted by Crippen LogP contribution is -1.85. The molecule has 0 fully saturated rings. The van der Waals surface area contributed by atoms with Crippen molar-refractivity contribution in [2.45, 2.75) is 283 Å². The van der Waals surface area contributed by atoms with Crippen molar-refractivity contribution in [3.63, 3.8) is 0 Å². The molecule has 0 aliphatic rings. The molecule has 0 aliphatic carbocycles. The monoisotopic (exact) mass is 632 g/mol. The van der Waals surface area contributed by atoms with Crippen LogP contribution in [0.15, 0.2) is 0 Å². The van der Waals surface area contributed by atoms with Crippen molar-refractivity contribution < 1.29 is 0 Å². The van der Waals surface area contributed by atoms with Crippen molar-refractivity contribution in [1.29, 1.82) is 0 Å². The van der Waals surface area contributed by atoms with Gasteiger partial charge in [-0.15, -0.1) is 0 Å². The molecule has 0 aliphatic heterocycles. The van der Waals surface area contributed by atoms with Gasteiger partial charge < -0.3 is 0 Å². The Balaban J connectivity index is 3.03. The molecule has 1 radical (unpaired) electrons. The van der Waals surface area contributed by atoms with Gasteiger partial charge in [0.25, 0.3) is 0 Å².